The molecule has 0 N–H and O–H groups in total. The molecule has 4 heterocycles. The van der Waals surface area contributed by atoms with Gasteiger partial charge < -0.3 is 9.47 Å². The predicted molar refractivity (Wildman–Crippen MR) is 107 cm³/mol. The van der Waals surface area contributed by atoms with Crippen LogP contribution in [0.15, 0.2) is 47.7 Å². The first-order chi connectivity index (χ1) is 12.8. The second-order valence-corrected chi connectivity index (χ2v) is 9.17. The van der Waals surface area contributed by atoms with Crippen LogP contribution in [0.1, 0.15) is 68.5 Å². The highest BCUT2D eigenvalue weighted by Gasteiger charge is 2.44. The Bertz CT molecular complexity index is 793. The number of fused-ring (bicyclic) bond motifs is 1. The summed E-state index contributed by atoms with van der Waals surface area (Å²) in [5.41, 5.74) is 2.50. The summed E-state index contributed by atoms with van der Waals surface area (Å²) in [4.78, 5) is 12.3. The van der Waals surface area contributed by atoms with Gasteiger partial charge >= 0.3 is 0 Å². The molecule has 3 aliphatic rings. The summed E-state index contributed by atoms with van der Waals surface area (Å²) in [6, 6.07) is 11.8. The number of hydrogen-bond acceptors (Lipinski definition) is 4. The average molecular weight is 367 g/mol. The molecule has 5 heteroatoms. The summed E-state index contributed by atoms with van der Waals surface area (Å²) in [6.45, 7) is 3.38. The van der Waals surface area contributed by atoms with Gasteiger partial charge in [-0.1, -0.05) is 44.0 Å². The van der Waals surface area contributed by atoms with E-state index in [1.54, 1.807) is 0 Å². The van der Waals surface area contributed by atoms with Gasteiger partial charge in [0.15, 0.2) is 5.17 Å². The Kier molecular flexibility index (Phi) is 4.27. The molecule has 0 bridgehead atoms. The maximum atomic E-state index is 5.12. The van der Waals surface area contributed by atoms with Crippen LogP contribution in [0.25, 0.3) is 0 Å². The third kappa shape index (κ3) is 2.77. The number of hydrogen-bond donors (Lipinski definition) is 0. The highest BCUT2D eigenvalue weighted by atomic mass is 32.2. The van der Waals surface area contributed by atoms with E-state index in [2.05, 4.69) is 51.8 Å². The Labute approximate surface area is 159 Å². The van der Waals surface area contributed by atoms with Crippen molar-refractivity contribution in [1.29, 1.82) is 0 Å². The van der Waals surface area contributed by atoms with Crippen LogP contribution in [0.4, 0.5) is 0 Å². The van der Waals surface area contributed by atoms with Gasteiger partial charge in [0, 0.05) is 35.9 Å². The lowest BCUT2D eigenvalue weighted by molar-refractivity contribution is 0.282. The predicted octanol–water partition coefficient (Wildman–Crippen LogP) is 4.98. The number of thioether (sulfide) groups is 1. The van der Waals surface area contributed by atoms with E-state index >= 15 is 0 Å². The molecule has 0 spiro atoms. The Hall–Kier alpha value is -1.75. The van der Waals surface area contributed by atoms with Gasteiger partial charge in [-0.05, 0) is 37.1 Å². The molecule has 136 valence electrons. The van der Waals surface area contributed by atoms with Crippen LogP contribution in [0, 0.1) is 0 Å². The zero-order valence-electron chi connectivity index (χ0n) is 15.3. The Balaban J connectivity index is 1.55. The summed E-state index contributed by atoms with van der Waals surface area (Å²) in [6.07, 6.45) is 10.9. The van der Waals surface area contributed by atoms with Crippen LogP contribution in [0.5, 0.6) is 0 Å². The molecular weight excluding hydrogens is 340 g/mol. The molecule has 2 aromatic heterocycles. The lowest BCUT2D eigenvalue weighted by Crippen LogP contribution is -2.31. The number of pyridine rings is 1. The molecule has 2 fully saturated rings. The van der Waals surface area contributed by atoms with Crippen molar-refractivity contribution >= 4 is 16.9 Å². The fourth-order valence-electron chi connectivity index (χ4n) is 4.79. The second kappa shape index (κ2) is 6.76. The first kappa shape index (κ1) is 16.4. The summed E-state index contributed by atoms with van der Waals surface area (Å²) >= 11 is 1.92. The van der Waals surface area contributed by atoms with E-state index in [0.29, 0.717) is 11.3 Å². The van der Waals surface area contributed by atoms with Crippen LogP contribution in [-0.4, -0.2) is 31.4 Å². The van der Waals surface area contributed by atoms with E-state index in [4.69, 9.17) is 4.99 Å². The highest BCUT2D eigenvalue weighted by molar-refractivity contribution is 8.14. The van der Waals surface area contributed by atoms with E-state index in [1.807, 2.05) is 24.0 Å². The van der Waals surface area contributed by atoms with E-state index in [0.717, 1.165) is 12.2 Å². The van der Waals surface area contributed by atoms with Gasteiger partial charge in [-0.2, -0.15) is 0 Å². The van der Waals surface area contributed by atoms with E-state index in [9.17, 15) is 0 Å². The molecule has 3 atom stereocenters. The minimum atomic E-state index is 0.100. The molecule has 0 unspecified atom stereocenters. The maximum absolute atomic E-state index is 5.12. The Morgan fingerprint density at radius 3 is 2.77 bits per heavy atom. The number of aliphatic imine (C=N–C) groups is 1. The zero-order valence-corrected chi connectivity index (χ0v) is 16.1. The van der Waals surface area contributed by atoms with E-state index in [1.165, 1.54) is 43.0 Å². The van der Waals surface area contributed by atoms with Gasteiger partial charge in [-0.15, -0.1) is 0 Å². The van der Waals surface area contributed by atoms with Crippen molar-refractivity contribution in [2.75, 3.05) is 6.54 Å². The SMILES string of the molecule is C[C@H]1CN2C(=N[C@@H](c3ccccn3)[C@@H]2c2cccn2C2CCCCC2)S1. The Morgan fingerprint density at radius 2 is 1.96 bits per heavy atom. The van der Waals surface area contributed by atoms with E-state index < -0.39 is 0 Å². The summed E-state index contributed by atoms with van der Waals surface area (Å²) in [7, 11) is 0. The average Bonchev–Trinajstić information content (AvgIpc) is 3.37. The lowest BCUT2D eigenvalue weighted by Gasteiger charge is -2.32. The van der Waals surface area contributed by atoms with Crippen molar-refractivity contribution in [3.63, 3.8) is 0 Å². The molecule has 0 radical (unpaired) electrons. The van der Waals surface area contributed by atoms with Crippen LogP contribution in [0.3, 0.4) is 0 Å². The first-order valence-corrected chi connectivity index (χ1v) is 10.8. The molecule has 4 nitrogen and oxygen atoms in total. The molecule has 1 saturated carbocycles. The van der Waals surface area contributed by atoms with Crippen molar-refractivity contribution in [2.45, 2.75) is 62.4 Å². The first-order valence-electron chi connectivity index (χ1n) is 9.90. The quantitative estimate of drug-likeness (QED) is 0.768. The van der Waals surface area contributed by atoms with E-state index in [-0.39, 0.29) is 12.1 Å². The van der Waals surface area contributed by atoms with Crippen molar-refractivity contribution in [1.82, 2.24) is 14.5 Å². The molecule has 2 aliphatic heterocycles. The van der Waals surface area contributed by atoms with Crippen molar-refractivity contribution in [3.05, 3.63) is 54.1 Å². The van der Waals surface area contributed by atoms with Crippen LogP contribution >= 0.6 is 11.8 Å². The topological polar surface area (TPSA) is 33.4 Å². The molecule has 1 aliphatic carbocycles. The summed E-state index contributed by atoms with van der Waals surface area (Å²) < 4.78 is 2.56. The molecule has 1 saturated heterocycles. The van der Waals surface area contributed by atoms with Crippen molar-refractivity contribution < 1.29 is 0 Å². The van der Waals surface area contributed by atoms with Crippen LogP contribution < -0.4 is 0 Å². The fourth-order valence-corrected chi connectivity index (χ4v) is 5.88. The zero-order chi connectivity index (χ0) is 17.5. The minimum absolute atomic E-state index is 0.100. The maximum Gasteiger partial charge on any atom is 0.160 e. The minimum Gasteiger partial charge on any atom is -0.346 e. The van der Waals surface area contributed by atoms with Gasteiger partial charge in [0.05, 0.1) is 11.7 Å². The number of nitrogens with zero attached hydrogens (tertiary/aromatic N) is 4. The number of amidine groups is 1. The van der Waals surface area contributed by atoms with Crippen LogP contribution in [0.2, 0.25) is 0 Å². The van der Waals surface area contributed by atoms with Gasteiger partial charge in [0.1, 0.15) is 6.04 Å². The smallest absolute Gasteiger partial charge is 0.160 e. The van der Waals surface area contributed by atoms with Crippen molar-refractivity contribution in [2.24, 2.45) is 4.99 Å². The Morgan fingerprint density at radius 1 is 1.08 bits per heavy atom. The lowest BCUT2D eigenvalue weighted by atomic mass is 9.94. The normalized spacial score (nSPS) is 29.0. The molecule has 0 amide bonds. The molecule has 0 aromatic carbocycles. The third-order valence-corrected chi connectivity index (χ3v) is 7.07. The van der Waals surface area contributed by atoms with Gasteiger partial charge in [0.2, 0.25) is 0 Å². The van der Waals surface area contributed by atoms with Gasteiger partial charge in [0.25, 0.3) is 0 Å². The highest BCUT2D eigenvalue weighted by Crippen LogP contribution is 2.48. The largest absolute Gasteiger partial charge is 0.346 e. The second-order valence-electron chi connectivity index (χ2n) is 7.77. The number of aromatic nitrogens is 2. The molecule has 5 rings (SSSR count). The molecule has 2 aromatic rings. The van der Waals surface area contributed by atoms with Crippen molar-refractivity contribution in [3.8, 4) is 0 Å². The number of rotatable bonds is 3. The monoisotopic (exact) mass is 366 g/mol. The summed E-state index contributed by atoms with van der Waals surface area (Å²) in [5.74, 6) is 0. The molecular formula is C21H26N4S. The standard InChI is InChI=1S/C21H26N4S/c1-15-14-25-20(18-11-7-13-24(18)16-8-3-2-4-9-16)19(23-21(25)26-15)17-10-5-6-12-22-17/h5-7,10-13,15-16,19-20H,2-4,8-9,14H2,1H3/t15-,19-,20-/m0/s1. The van der Waals surface area contributed by atoms with Gasteiger partial charge in [-0.25, -0.2) is 0 Å². The summed E-state index contributed by atoms with van der Waals surface area (Å²) in [5, 5.41) is 1.81. The third-order valence-electron chi connectivity index (χ3n) is 5.96. The molecule has 26 heavy (non-hydrogen) atoms. The van der Waals surface area contributed by atoms with Crippen LogP contribution in [-0.2, 0) is 0 Å². The fraction of sp³-hybridized carbons (Fsp3) is 0.524. The van der Waals surface area contributed by atoms with Gasteiger partial charge in [-0.3, -0.25) is 9.98 Å².